The topological polar surface area (TPSA) is 116 Å². The first-order chi connectivity index (χ1) is 14.0. The first-order valence-corrected chi connectivity index (χ1v) is 10.9. The fourth-order valence-corrected chi connectivity index (χ4v) is 8.37. The number of aromatic amines is 1. The summed E-state index contributed by atoms with van der Waals surface area (Å²) >= 11 is 1.62. The lowest BCUT2D eigenvalue weighted by molar-refractivity contribution is -0.950. The molecule has 3 bridgehead atoms. The van der Waals surface area contributed by atoms with Crippen molar-refractivity contribution in [3.8, 4) is 0 Å². The molecule has 1 aromatic rings. The van der Waals surface area contributed by atoms with Crippen molar-refractivity contribution in [3.63, 3.8) is 0 Å². The molecule has 2 aliphatic carbocycles. The van der Waals surface area contributed by atoms with Gasteiger partial charge in [0.05, 0.1) is 41.3 Å². The molecule has 6 unspecified atom stereocenters. The Labute approximate surface area is 169 Å². The van der Waals surface area contributed by atoms with Crippen molar-refractivity contribution in [2.45, 2.75) is 36.3 Å². The van der Waals surface area contributed by atoms with Gasteiger partial charge in [-0.05, 0) is 18.1 Å². The number of hydrogen-bond donors (Lipinski definition) is 5. The molecule has 4 aliphatic heterocycles. The van der Waals surface area contributed by atoms with Gasteiger partial charge < -0.3 is 20.3 Å². The molecule has 2 saturated heterocycles. The van der Waals surface area contributed by atoms with Gasteiger partial charge in [-0.1, -0.05) is 0 Å². The van der Waals surface area contributed by atoms with Gasteiger partial charge in [0.15, 0.2) is 6.04 Å². The van der Waals surface area contributed by atoms with Gasteiger partial charge in [0.25, 0.3) is 0 Å². The highest BCUT2D eigenvalue weighted by Crippen LogP contribution is 2.65. The number of fused-ring (bicyclic) bond motifs is 3. The van der Waals surface area contributed by atoms with Crippen molar-refractivity contribution < 1.29 is 24.4 Å². The van der Waals surface area contributed by atoms with Crippen LogP contribution in [0.3, 0.4) is 0 Å². The third-order valence-electron chi connectivity index (χ3n) is 7.68. The monoisotopic (exact) mass is 411 g/mol. The number of thioether (sulfide) groups is 1. The molecule has 6 aliphatic rings. The number of hydrogen-bond acceptors (Lipinski definition) is 6. The normalized spacial score (nSPS) is 40.0. The number of carboxylic acids is 1. The highest BCUT2D eigenvalue weighted by atomic mass is 32.2. The summed E-state index contributed by atoms with van der Waals surface area (Å²) in [4.78, 5) is 43.4. The molecule has 0 radical (unpaired) electrons. The van der Waals surface area contributed by atoms with Gasteiger partial charge in [0.2, 0.25) is 11.6 Å². The van der Waals surface area contributed by atoms with Crippen LogP contribution in [0.4, 0.5) is 0 Å². The number of H-pyrrole nitrogens is 1. The number of ketones is 2. The Morgan fingerprint density at radius 2 is 2.28 bits per heavy atom. The minimum Gasteiger partial charge on any atom is -0.480 e. The Morgan fingerprint density at radius 3 is 3.10 bits per heavy atom. The summed E-state index contributed by atoms with van der Waals surface area (Å²) in [5.41, 5.74) is 4.15. The molecule has 0 saturated carbocycles. The number of carbonyl (C=O) groups excluding carboxylic acids is 2. The first-order valence-electron chi connectivity index (χ1n) is 10.00. The van der Waals surface area contributed by atoms with E-state index in [-0.39, 0.29) is 41.6 Å². The lowest BCUT2D eigenvalue weighted by atomic mass is 9.55. The van der Waals surface area contributed by atoms with E-state index in [0.29, 0.717) is 11.4 Å². The average molecular weight is 411 g/mol. The van der Waals surface area contributed by atoms with Crippen molar-refractivity contribution in [1.82, 2.24) is 15.6 Å². The van der Waals surface area contributed by atoms with E-state index in [1.54, 1.807) is 17.8 Å². The van der Waals surface area contributed by atoms with Gasteiger partial charge in [-0.15, -0.1) is 11.8 Å². The molecule has 9 heteroatoms. The van der Waals surface area contributed by atoms with Crippen LogP contribution in [-0.2, 0) is 16.0 Å². The number of Topliss-reactive ketones (excluding diaryl/α,β-unsaturated/α-hetero) is 1. The number of quaternary nitrogens is 1. The third-order valence-corrected chi connectivity index (χ3v) is 8.98. The van der Waals surface area contributed by atoms with E-state index in [0.717, 1.165) is 40.3 Å². The summed E-state index contributed by atoms with van der Waals surface area (Å²) in [6.45, 7) is 0.596. The molecule has 6 atom stereocenters. The SMILES string of the molecule is O=C(O)CNC1C2C(=O)C=C3SC4CC31C1=C(N4)C(=O)c3[nH]cc4c3C1[NH+]2CC4. The molecule has 0 amide bonds. The number of allylic oxidation sites excluding steroid dienone is 1. The minimum atomic E-state index is -0.935. The van der Waals surface area contributed by atoms with Crippen LogP contribution in [0.2, 0.25) is 0 Å². The van der Waals surface area contributed by atoms with Crippen LogP contribution < -0.4 is 15.5 Å². The molecule has 1 spiro atoms. The maximum absolute atomic E-state index is 13.4. The number of rotatable bonds is 3. The predicted molar refractivity (Wildman–Crippen MR) is 102 cm³/mol. The molecule has 1 aromatic heterocycles. The Bertz CT molecular complexity index is 1120. The summed E-state index contributed by atoms with van der Waals surface area (Å²) in [6, 6.07) is -0.674. The Kier molecular flexibility index (Phi) is 2.85. The molecule has 7 rings (SSSR count). The number of aromatic nitrogens is 1. The quantitative estimate of drug-likeness (QED) is 0.428. The van der Waals surface area contributed by atoms with Crippen LogP contribution in [-0.4, -0.2) is 58.2 Å². The minimum absolute atomic E-state index is 0.00277. The van der Waals surface area contributed by atoms with Gasteiger partial charge in [-0.3, -0.25) is 19.7 Å². The molecule has 148 valence electrons. The lowest BCUT2D eigenvalue weighted by Crippen LogP contribution is -3.22. The van der Waals surface area contributed by atoms with Crippen LogP contribution in [0, 0.1) is 5.41 Å². The Balaban J connectivity index is 1.54. The molecule has 0 aromatic carbocycles. The molecule has 8 nitrogen and oxygen atoms in total. The van der Waals surface area contributed by atoms with Gasteiger partial charge >= 0.3 is 5.97 Å². The second-order valence-electron chi connectivity index (χ2n) is 8.80. The van der Waals surface area contributed by atoms with Crippen molar-refractivity contribution >= 4 is 29.3 Å². The summed E-state index contributed by atoms with van der Waals surface area (Å²) in [7, 11) is 0. The second-order valence-corrected chi connectivity index (χ2v) is 10.0. The Hall–Kier alpha value is -2.36. The Morgan fingerprint density at radius 1 is 1.41 bits per heavy atom. The molecule has 5 heterocycles. The average Bonchev–Trinajstić information content (AvgIpc) is 3.23. The largest absolute Gasteiger partial charge is 0.480 e. The fourth-order valence-electron chi connectivity index (χ4n) is 6.83. The van der Waals surface area contributed by atoms with Crippen LogP contribution in [0.25, 0.3) is 0 Å². The van der Waals surface area contributed by atoms with E-state index in [1.807, 2.05) is 6.20 Å². The fraction of sp³-hybridized carbons (Fsp3) is 0.450. The maximum Gasteiger partial charge on any atom is 0.317 e. The first kappa shape index (κ1) is 16.4. The second kappa shape index (κ2) is 5.03. The number of nitrogens with one attached hydrogen (secondary N) is 4. The van der Waals surface area contributed by atoms with Crippen molar-refractivity contribution in [2.75, 3.05) is 13.1 Å². The van der Waals surface area contributed by atoms with Crippen LogP contribution in [0.15, 0.2) is 28.4 Å². The number of carbonyl (C=O) groups is 3. The molecule has 29 heavy (non-hydrogen) atoms. The summed E-state index contributed by atoms with van der Waals surface area (Å²) < 4.78 is 0. The van der Waals surface area contributed by atoms with Crippen LogP contribution in [0.1, 0.15) is 34.1 Å². The van der Waals surface area contributed by atoms with Crippen LogP contribution in [0.5, 0.6) is 0 Å². The molecular weight excluding hydrogens is 392 g/mol. The zero-order valence-electron chi connectivity index (χ0n) is 15.4. The lowest BCUT2D eigenvalue weighted by Gasteiger charge is -2.58. The van der Waals surface area contributed by atoms with E-state index in [9.17, 15) is 19.5 Å². The van der Waals surface area contributed by atoms with Gasteiger partial charge in [-0.25, -0.2) is 0 Å². The van der Waals surface area contributed by atoms with E-state index in [4.69, 9.17) is 0 Å². The molecule has 5 N–H and O–H groups in total. The van der Waals surface area contributed by atoms with E-state index in [2.05, 4.69) is 15.6 Å². The highest BCUT2D eigenvalue weighted by Gasteiger charge is 2.71. The number of carboxylic acid groups (broad SMARTS) is 1. The summed E-state index contributed by atoms with van der Waals surface area (Å²) in [5.74, 6) is -0.867. The molecule has 2 fully saturated rings. The van der Waals surface area contributed by atoms with Crippen molar-refractivity contribution in [1.29, 1.82) is 0 Å². The van der Waals surface area contributed by atoms with E-state index < -0.39 is 11.4 Å². The zero-order valence-corrected chi connectivity index (χ0v) is 16.2. The van der Waals surface area contributed by atoms with E-state index in [1.165, 1.54) is 5.56 Å². The van der Waals surface area contributed by atoms with Gasteiger partial charge in [0.1, 0.15) is 6.04 Å². The zero-order chi connectivity index (χ0) is 19.7. The number of piperidine rings is 1. The van der Waals surface area contributed by atoms with Gasteiger partial charge in [-0.2, -0.15) is 0 Å². The van der Waals surface area contributed by atoms with Crippen molar-refractivity contribution in [2.24, 2.45) is 5.41 Å². The third kappa shape index (κ3) is 1.71. The summed E-state index contributed by atoms with van der Waals surface area (Å²) in [6.07, 6.45) is 5.31. The standard InChI is InChI=1S/C20H18N4O4S/c25-8-3-9-20-4-10(29-9)23-15-13(20)17-12-7(5-21-14(12)18(15)28)1-2-24(17)16(8)19(20)22-6-11(26)27/h3,5,10,16-17,19,21-23H,1-2,4,6H2,(H,26,27)/p+1. The molecular formula is C20H19N4O4S+. The highest BCUT2D eigenvalue weighted by molar-refractivity contribution is 8.04. The van der Waals surface area contributed by atoms with E-state index >= 15 is 0 Å². The smallest absolute Gasteiger partial charge is 0.317 e. The van der Waals surface area contributed by atoms with Gasteiger partial charge in [0, 0.05) is 28.7 Å². The van der Waals surface area contributed by atoms with Crippen LogP contribution >= 0.6 is 11.8 Å². The van der Waals surface area contributed by atoms with Crippen molar-refractivity contribution in [3.05, 3.63) is 45.3 Å². The maximum atomic E-state index is 13.4. The summed E-state index contributed by atoms with van der Waals surface area (Å²) in [5, 5.41) is 16.0. The predicted octanol–water partition coefficient (Wildman–Crippen LogP) is -1.11. The number of aliphatic carboxylic acids is 1.